The second-order valence-corrected chi connectivity index (χ2v) is 5.48. The third kappa shape index (κ3) is 3.30. The first-order valence-electron chi connectivity index (χ1n) is 7.81. The highest BCUT2D eigenvalue weighted by molar-refractivity contribution is 5.52. The molecule has 0 amide bonds. The van der Waals surface area contributed by atoms with Gasteiger partial charge in [0, 0.05) is 23.6 Å². The predicted molar refractivity (Wildman–Crippen MR) is 90.5 cm³/mol. The maximum atomic E-state index is 14.2. The lowest BCUT2D eigenvalue weighted by molar-refractivity contribution is 0.514. The molecule has 0 aliphatic heterocycles. The highest BCUT2D eigenvalue weighted by Gasteiger charge is 2.10. The lowest BCUT2D eigenvalue weighted by atomic mass is 10.2. The summed E-state index contributed by atoms with van der Waals surface area (Å²) in [5.41, 5.74) is 1.41. The summed E-state index contributed by atoms with van der Waals surface area (Å²) in [4.78, 5) is 0. The highest BCUT2D eigenvalue weighted by Crippen LogP contribution is 2.20. The van der Waals surface area contributed by atoms with Crippen molar-refractivity contribution in [3.63, 3.8) is 0 Å². The van der Waals surface area contributed by atoms with Gasteiger partial charge in [-0.05, 0) is 42.5 Å². The smallest absolute Gasteiger partial charge is 0.247 e. The van der Waals surface area contributed by atoms with Crippen LogP contribution in [0.1, 0.15) is 5.89 Å². The zero-order valence-corrected chi connectivity index (χ0v) is 13.4. The van der Waals surface area contributed by atoms with E-state index in [-0.39, 0.29) is 18.3 Å². The molecule has 0 spiro atoms. The van der Waals surface area contributed by atoms with Gasteiger partial charge in [-0.15, -0.1) is 10.2 Å². The minimum atomic E-state index is -0.412. The minimum Gasteiger partial charge on any atom is -0.419 e. The summed E-state index contributed by atoms with van der Waals surface area (Å²) in [6, 6.07) is 12.3. The average Bonchev–Trinajstić information content (AvgIpc) is 3.32. The first kappa shape index (κ1) is 15.9. The van der Waals surface area contributed by atoms with Crippen molar-refractivity contribution in [3.8, 4) is 17.1 Å². The van der Waals surface area contributed by atoms with E-state index in [0.717, 1.165) is 0 Å². The summed E-state index contributed by atoms with van der Waals surface area (Å²) in [5.74, 6) is -0.264. The molecule has 4 rings (SSSR count). The second kappa shape index (κ2) is 6.75. The van der Waals surface area contributed by atoms with Crippen LogP contribution >= 0.6 is 0 Å². The van der Waals surface area contributed by atoms with Crippen LogP contribution in [0.3, 0.4) is 0 Å². The molecule has 2 aromatic heterocycles. The monoisotopic (exact) mass is 353 g/mol. The topological polar surface area (TPSA) is 68.8 Å². The normalized spacial score (nSPS) is 10.8. The Bertz CT molecular complexity index is 1030. The number of nitrogens with zero attached hydrogens (tertiary/aromatic N) is 4. The third-order valence-electron chi connectivity index (χ3n) is 3.68. The van der Waals surface area contributed by atoms with E-state index < -0.39 is 5.82 Å². The van der Waals surface area contributed by atoms with E-state index in [0.29, 0.717) is 22.8 Å². The second-order valence-electron chi connectivity index (χ2n) is 5.48. The van der Waals surface area contributed by atoms with E-state index in [1.165, 1.54) is 22.9 Å². The Kier molecular flexibility index (Phi) is 4.14. The molecule has 8 heteroatoms. The standard InChI is InChI=1S/C18H13F2N5O/c19-13-4-1-3-12(9-13)18-24-23-17(26-18)11-21-14-5-6-16(15(20)10-14)25-8-2-7-22-25/h1-10,21H,11H2. The predicted octanol–water partition coefficient (Wildman–Crippen LogP) is 3.81. The van der Waals surface area contributed by atoms with Gasteiger partial charge in [0.1, 0.15) is 11.5 Å². The number of hydrogen-bond donors (Lipinski definition) is 1. The molecule has 0 unspecified atom stereocenters. The van der Waals surface area contributed by atoms with Crippen molar-refractivity contribution in [2.75, 3.05) is 5.32 Å². The molecule has 0 atom stereocenters. The van der Waals surface area contributed by atoms with Crippen LogP contribution in [0.4, 0.5) is 14.5 Å². The van der Waals surface area contributed by atoms with Crippen molar-refractivity contribution >= 4 is 5.69 Å². The van der Waals surface area contributed by atoms with E-state index in [4.69, 9.17) is 4.42 Å². The van der Waals surface area contributed by atoms with Gasteiger partial charge in [0.25, 0.3) is 0 Å². The fraction of sp³-hybridized carbons (Fsp3) is 0.0556. The molecule has 0 aliphatic carbocycles. The Morgan fingerprint density at radius 1 is 1.04 bits per heavy atom. The molecule has 130 valence electrons. The van der Waals surface area contributed by atoms with Crippen LogP contribution in [0.2, 0.25) is 0 Å². The quantitative estimate of drug-likeness (QED) is 0.591. The van der Waals surface area contributed by atoms with Crippen LogP contribution in [0.5, 0.6) is 0 Å². The van der Waals surface area contributed by atoms with Gasteiger partial charge in [-0.2, -0.15) is 5.10 Å². The van der Waals surface area contributed by atoms with Gasteiger partial charge in [0.05, 0.1) is 6.54 Å². The zero-order chi connectivity index (χ0) is 17.9. The first-order chi connectivity index (χ1) is 12.7. The van der Waals surface area contributed by atoms with Crippen molar-refractivity contribution in [3.05, 3.63) is 78.4 Å². The van der Waals surface area contributed by atoms with Gasteiger partial charge in [0.15, 0.2) is 5.82 Å². The number of benzene rings is 2. The Hall–Kier alpha value is -3.55. The van der Waals surface area contributed by atoms with E-state index in [1.54, 1.807) is 42.7 Å². The highest BCUT2D eigenvalue weighted by atomic mass is 19.1. The first-order valence-corrected chi connectivity index (χ1v) is 7.81. The van der Waals surface area contributed by atoms with E-state index in [9.17, 15) is 8.78 Å². The molecule has 4 aromatic rings. The maximum Gasteiger partial charge on any atom is 0.247 e. The Labute approximate surface area is 147 Å². The van der Waals surface area contributed by atoms with E-state index in [2.05, 4.69) is 20.6 Å². The van der Waals surface area contributed by atoms with Gasteiger partial charge in [0.2, 0.25) is 11.8 Å². The van der Waals surface area contributed by atoms with Gasteiger partial charge in [-0.1, -0.05) is 6.07 Å². The van der Waals surface area contributed by atoms with Crippen LogP contribution in [-0.2, 0) is 6.54 Å². The molecule has 0 aliphatic rings. The average molecular weight is 353 g/mol. The van der Waals surface area contributed by atoms with Crippen LogP contribution in [0.25, 0.3) is 17.1 Å². The zero-order valence-electron chi connectivity index (χ0n) is 13.4. The van der Waals surface area contributed by atoms with Gasteiger partial charge >= 0.3 is 0 Å². The number of nitrogens with one attached hydrogen (secondary N) is 1. The summed E-state index contributed by atoms with van der Waals surface area (Å²) < 4.78 is 34.4. The fourth-order valence-electron chi connectivity index (χ4n) is 2.45. The molecule has 2 heterocycles. The molecule has 2 aromatic carbocycles. The lowest BCUT2D eigenvalue weighted by Gasteiger charge is -2.07. The largest absolute Gasteiger partial charge is 0.419 e. The van der Waals surface area contributed by atoms with Crippen molar-refractivity contribution in [2.24, 2.45) is 0 Å². The molecular formula is C18H13F2N5O. The summed E-state index contributed by atoms with van der Waals surface area (Å²) in [5, 5.41) is 14.8. The molecule has 0 fully saturated rings. The number of rotatable bonds is 5. The van der Waals surface area contributed by atoms with E-state index in [1.807, 2.05) is 0 Å². The Balaban J connectivity index is 1.45. The molecule has 0 saturated carbocycles. The van der Waals surface area contributed by atoms with Crippen LogP contribution in [0, 0.1) is 11.6 Å². The van der Waals surface area contributed by atoms with Crippen molar-refractivity contribution in [1.29, 1.82) is 0 Å². The van der Waals surface area contributed by atoms with Crippen LogP contribution in [-0.4, -0.2) is 20.0 Å². The Morgan fingerprint density at radius 3 is 2.73 bits per heavy atom. The van der Waals surface area contributed by atoms with Crippen molar-refractivity contribution in [1.82, 2.24) is 20.0 Å². The van der Waals surface area contributed by atoms with Gasteiger partial charge < -0.3 is 9.73 Å². The van der Waals surface area contributed by atoms with E-state index >= 15 is 0 Å². The molecule has 0 saturated heterocycles. The maximum absolute atomic E-state index is 14.2. The molecule has 0 bridgehead atoms. The third-order valence-corrected chi connectivity index (χ3v) is 3.68. The minimum absolute atomic E-state index is 0.211. The molecule has 0 radical (unpaired) electrons. The molecule has 1 N–H and O–H groups in total. The van der Waals surface area contributed by atoms with Gasteiger partial charge in [-0.3, -0.25) is 0 Å². The van der Waals surface area contributed by atoms with Gasteiger partial charge in [-0.25, -0.2) is 13.5 Å². The molecule has 26 heavy (non-hydrogen) atoms. The summed E-state index contributed by atoms with van der Waals surface area (Å²) in [6.07, 6.45) is 3.25. The Morgan fingerprint density at radius 2 is 1.96 bits per heavy atom. The number of anilines is 1. The van der Waals surface area contributed by atoms with Crippen LogP contribution < -0.4 is 5.32 Å². The molecule has 6 nitrogen and oxygen atoms in total. The SMILES string of the molecule is Fc1cccc(-c2nnc(CNc3ccc(-n4cccn4)c(F)c3)o2)c1. The molecular weight excluding hydrogens is 340 g/mol. The van der Waals surface area contributed by atoms with Crippen LogP contribution in [0.15, 0.2) is 65.3 Å². The van der Waals surface area contributed by atoms with Crippen molar-refractivity contribution < 1.29 is 13.2 Å². The number of halogens is 2. The summed E-state index contributed by atoms with van der Waals surface area (Å²) >= 11 is 0. The summed E-state index contributed by atoms with van der Waals surface area (Å²) in [7, 11) is 0. The van der Waals surface area contributed by atoms with Crippen molar-refractivity contribution in [2.45, 2.75) is 6.54 Å². The number of aromatic nitrogens is 4. The fourth-order valence-corrected chi connectivity index (χ4v) is 2.45. The summed E-state index contributed by atoms with van der Waals surface area (Å²) in [6.45, 7) is 0.211. The number of hydrogen-bond acceptors (Lipinski definition) is 5. The lowest BCUT2D eigenvalue weighted by Crippen LogP contribution is -2.02.